The molecule has 0 aliphatic heterocycles. The lowest BCUT2D eigenvalue weighted by Crippen LogP contribution is -2.01. The van der Waals surface area contributed by atoms with E-state index in [-0.39, 0.29) is 0 Å². The summed E-state index contributed by atoms with van der Waals surface area (Å²) in [5, 5.41) is 0. The molecule has 13 heavy (non-hydrogen) atoms. The zero-order chi connectivity index (χ0) is 9.42. The minimum atomic E-state index is 0.986. The third-order valence-electron chi connectivity index (χ3n) is 3.94. The average molecular weight is 178 g/mol. The second kappa shape index (κ2) is 3.48. The lowest BCUT2D eigenvalue weighted by molar-refractivity contribution is 0.428. The number of hydrogen-bond donors (Lipinski definition) is 0. The van der Waals surface area contributed by atoms with Crippen molar-refractivity contribution in [2.45, 2.75) is 46.5 Å². The van der Waals surface area contributed by atoms with Gasteiger partial charge in [0, 0.05) is 0 Å². The predicted octanol–water partition coefficient (Wildman–Crippen LogP) is 4.02. The molecule has 4 unspecified atom stereocenters. The van der Waals surface area contributed by atoms with Crippen molar-refractivity contribution in [1.29, 1.82) is 0 Å². The van der Waals surface area contributed by atoms with Crippen LogP contribution in [-0.2, 0) is 0 Å². The highest BCUT2D eigenvalue weighted by Crippen LogP contribution is 2.63. The standard InChI is InChI=1S/C13H22/c1-4-6-10-8-9(3)12-11(7-5-2)13(10)12/h7,9-10,12-13H,4-6,8H2,1-3H3/b11-7-. The molecular weight excluding hydrogens is 156 g/mol. The molecule has 0 aromatic rings. The largest absolute Gasteiger partial charge is 0.0850 e. The molecule has 2 aliphatic rings. The van der Waals surface area contributed by atoms with Gasteiger partial charge in [0.05, 0.1) is 0 Å². The minimum absolute atomic E-state index is 0.986. The van der Waals surface area contributed by atoms with Crippen molar-refractivity contribution >= 4 is 0 Å². The van der Waals surface area contributed by atoms with Crippen LogP contribution in [0.1, 0.15) is 46.5 Å². The Kier molecular flexibility index (Phi) is 2.49. The molecule has 0 saturated heterocycles. The van der Waals surface area contributed by atoms with Crippen LogP contribution in [-0.4, -0.2) is 0 Å². The van der Waals surface area contributed by atoms with Crippen molar-refractivity contribution < 1.29 is 0 Å². The van der Waals surface area contributed by atoms with Gasteiger partial charge < -0.3 is 0 Å². The normalized spacial score (nSPS) is 45.3. The zero-order valence-electron chi connectivity index (χ0n) is 9.22. The maximum absolute atomic E-state index is 2.49. The molecule has 2 rings (SSSR count). The van der Waals surface area contributed by atoms with E-state index in [4.69, 9.17) is 0 Å². The SMILES string of the molecule is CC/C=C1/C2C(C)CC(CCC)C12. The topological polar surface area (TPSA) is 0 Å². The van der Waals surface area contributed by atoms with Crippen molar-refractivity contribution in [3.63, 3.8) is 0 Å². The number of fused-ring (bicyclic) bond motifs is 1. The Bertz CT molecular complexity index is 214. The van der Waals surface area contributed by atoms with Gasteiger partial charge in [0.15, 0.2) is 0 Å². The number of allylic oxidation sites excluding steroid dienone is 2. The maximum Gasteiger partial charge on any atom is -0.0103 e. The van der Waals surface area contributed by atoms with E-state index in [1.165, 1.54) is 25.7 Å². The molecule has 0 aromatic heterocycles. The highest BCUT2D eigenvalue weighted by Gasteiger charge is 2.55. The number of rotatable bonds is 3. The first-order chi connectivity index (χ1) is 6.29. The molecule has 4 atom stereocenters. The van der Waals surface area contributed by atoms with Crippen LogP contribution in [0.15, 0.2) is 11.6 Å². The van der Waals surface area contributed by atoms with Crippen LogP contribution in [0, 0.1) is 23.7 Å². The van der Waals surface area contributed by atoms with E-state index in [0.29, 0.717) is 0 Å². The molecule has 74 valence electrons. The van der Waals surface area contributed by atoms with Crippen LogP contribution >= 0.6 is 0 Å². The van der Waals surface area contributed by atoms with Crippen LogP contribution in [0.3, 0.4) is 0 Å². The van der Waals surface area contributed by atoms with Gasteiger partial charge in [-0.15, -0.1) is 0 Å². The highest BCUT2D eigenvalue weighted by atomic mass is 14.6. The molecule has 0 spiro atoms. The number of hydrogen-bond acceptors (Lipinski definition) is 0. The van der Waals surface area contributed by atoms with Gasteiger partial charge in [-0.1, -0.05) is 45.3 Å². The summed E-state index contributed by atoms with van der Waals surface area (Å²) in [5.74, 6) is 4.06. The molecule has 0 heteroatoms. The third kappa shape index (κ3) is 1.45. The van der Waals surface area contributed by atoms with Gasteiger partial charge in [-0.3, -0.25) is 0 Å². The predicted molar refractivity (Wildman–Crippen MR) is 57.5 cm³/mol. The quantitative estimate of drug-likeness (QED) is 0.572. The monoisotopic (exact) mass is 178 g/mol. The van der Waals surface area contributed by atoms with Crippen LogP contribution in [0.5, 0.6) is 0 Å². The Labute approximate surface area is 82.4 Å². The van der Waals surface area contributed by atoms with E-state index in [2.05, 4.69) is 26.8 Å². The van der Waals surface area contributed by atoms with Crippen LogP contribution in [0.25, 0.3) is 0 Å². The summed E-state index contributed by atoms with van der Waals surface area (Å²) >= 11 is 0. The van der Waals surface area contributed by atoms with Gasteiger partial charge in [-0.05, 0) is 36.5 Å². The summed E-state index contributed by atoms with van der Waals surface area (Å²) in [6, 6.07) is 0. The summed E-state index contributed by atoms with van der Waals surface area (Å²) in [5.41, 5.74) is 1.82. The molecule has 0 aromatic carbocycles. The van der Waals surface area contributed by atoms with E-state index in [1.54, 1.807) is 0 Å². The Hall–Kier alpha value is -0.260. The van der Waals surface area contributed by atoms with Gasteiger partial charge in [-0.25, -0.2) is 0 Å². The molecule has 0 nitrogen and oxygen atoms in total. The van der Waals surface area contributed by atoms with Crippen LogP contribution < -0.4 is 0 Å². The Morgan fingerprint density at radius 1 is 1.31 bits per heavy atom. The van der Waals surface area contributed by atoms with Gasteiger partial charge in [0.1, 0.15) is 0 Å². The molecule has 0 N–H and O–H groups in total. The fraction of sp³-hybridized carbons (Fsp3) is 0.846. The van der Waals surface area contributed by atoms with E-state index in [9.17, 15) is 0 Å². The average Bonchev–Trinajstić information content (AvgIpc) is 2.69. The molecule has 0 heterocycles. The molecule has 0 bridgehead atoms. The second-order valence-electron chi connectivity index (χ2n) is 4.93. The van der Waals surface area contributed by atoms with Gasteiger partial charge >= 0.3 is 0 Å². The maximum atomic E-state index is 2.49. The summed E-state index contributed by atoms with van der Waals surface area (Å²) in [6.07, 6.45) is 8.08. The summed E-state index contributed by atoms with van der Waals surface area (Å²) in [7, 11) is 0. The highest BCUT2D eigenvalue weighted by molar-refractivity contribution is 5.34. The van der Waals surface area contributed by atoms with Crippen molar-refractivity contribution in [2.75, 3.05) is 0 Å². The Morgan fingerprint density at radius 2 is 2.08 bits per heavy atom. The molecule has 0 amide bonds. The van der Waals surface area contributed by atoms with Gasteiger partial charge in [0.25, 0.3) is 0 Å². The molecule has 2 saturated carbocycles. The fourth-order valence-corrected chi connectivity index (χ4v) is 3.52. The zero-order valence-corrected chi connectivity index (χ0v) is 9.22. The smallest absolute Gasteiger partial charge is 0.0103 e. The van der Waals surface area contributed by atoms with Crippen molar-refractivity contribution in [3.8, 4) is 0 Å². The molecule has 0 radical (unpaired) electrons. The first-order valence-corrected chi connectivity index (χ1v) is 5.99. The van der Waals surface area contributed by atoms with Gasteiger partial charge in [-0.2, -0.15) is 0 Å². The lowest BCUT2D eigenvalue weighted by Gasteiger charge is -2.12. The van der Waals surface area contributed by atoms with Crippen LogP contribution in [0.4, 0.5) is 0 Å². The lowest BCUT2D eigenvalue weighted by atomic mass is 9.93. The van der Waals surface area contributed by atoms with E-state index >= 15 is 0 Å². The Balaban J connectivity index is 2.01. The molecule has 2 aliphatic carbocycles. The first-order valence-electron chi connectivity index (χ1n) is 5.99. The third-order valence-corrected chi connectivity index (χ3v) is 3.94. The summed E-state index contributed by atoms with van der Waals surface area (Å²) in [4.78, 5) is 0. The summed E-state index contributed by atoms with van der Waals surface area (Å²) in [6.45, 7) is 7.04. The van der Waals surface area contributed by atoms with Crippen molar-refractivity contribution in [2.24, 2.45) is 23.7 Å². The van der Waals surface area contributed by atoms with Crippen molar-refractivity contribution in [3.05, 3.63) is 11.6 Å². The van der Waals surface area contributed by atoms with E-state index in [1.807, 2.05) is 5.57 Å². The van der Waals surface area contributed by atoms with Crippen LogP contribution in [0.2, 0.25) is 0 Å². The van der Waals surface area contributed by atoms with E-state index < -0.39 is 0 Å². The Morgan fingerprint density at radius 3 is 2.69 bits per heavy atom. The second-order valence-corrected chi connectivity index (χ2v) is 4.93. The summed E-state index contributed by atoms with van der Waals surface area (Å²) < 4.78 is 0. The fourth-order valence-electron chi connectivity index (χ4n) is 3.52. The molecular formula is C13H22. The minimum Gasteiger partial charge on any atom is -0.0850 e. The van der Waals surface area contributed by atoms with Gasteiger partial charge in [0.2, 0.25) is 0 Å². The van der Waals surface area contributed by atoms with Crippen molar-refractivity contribution in [1.82, 2.24) is 0 Å². The molecule has 2 fully saturated rings. The first kappa shape index (κ1) is 9.30. The van der Waals surface area contributed by atoms with E-state index in [0.717, 1.165) is 23.7 Å².